The van der Waals surface area contributed by atoms with Crippen LogP contribution in [0.5, 0.6) is 5.75 Å². The molecule has 1 atom stereocenters. The van der Waals surface area contributed by atoms with E-state index in [-0.39, 0.29) is 0 Å². The Morgan fingerprint density at radius 1 is 1.03 bits per heavy atom. The van der Waals surface area contributed by atoms with Crippen LogP contribution in [0.2, 0.25) is 0 Å². The second kappa shape index (κ2) is 9.34. The van der Waals surface area contributed by atoms with Gasteiger partial charge in [0.15, 0.2) is 0 Å². The number of aromatic amines is 1. The molecule has 4 aromatic rings. The minimum absolute atomic E-state index is 0.462. The van der Waals surface area contributed by atoms with Gasteiger partial charge in [-0.05, 0) is 35.9 Å². The number of carbonyl (C=O) groups is 1. The Hall–Kier alpha value is -3.84. The van der Waals surface area contributed by atoms with Crippen LogP contribution in [0.25, 0.3) is 10.9 Å². The number of aromatic nitrogens is 2. The van der Waals surface area contributed by atoms with Gasteiger partial charge in [0.1, 0.15) is 24.2 Å². The molecule has 2 N–H and O–H groups in total. The molecule has 0 spiro atoms. The zero-order chi connectivity index (χ0) is 22.6. The normalized spacial score (nSPS) is 15.5. The number of hydrogen-bond donors (Lipinski definition) is 2. The van der Waals surface area contributed by atoms with Gasteiger partial charge in [-0.1, -0.05) is 36.4 Å². The summed E-state index contributed by atoms with van der Waals surface area (Å²) < 4.78 is 5.98. The minimum Gasteiger partial charge on any atom is -0.489 e. The van der Waals surface area contributed by atoms with Crippen molar-refractivity contribution in [2.45, 2.75) is 12.6 Å². The van der Waals surface area contributed by atoms with E-state index in [1.165, 1.54) is 0 Å². The summed E-state index contributed by atoms with van der Waals surface area (Å²) in [5, 5.41) is 11.0. The minimum atomic E-state index is -0.849. The van der Waals surface area contributed by atoms with Crippen molar-refractivity contribution in [2.24, 2.45) is 0 Å². The van der Waals surface area contributed by atoms with Crippen molar-refractivity contribution in [3.63, 3.8) is 0 Å². The van der Waals surface area contributed by atoms with Gasteiger partial charge in [-0.15, -0.1) is 0 Å². The van der Waals surface area contributed by atoms with Gasteiger partial charge in [0, 0.05) is 55.0 Å². The van der Waals surface area contributed by atoms with Crippen molar-refractivity contribution in [3.8, 4) is 5.75 Å². The Labute approximate surface area is 192 Å². The number of fused-ring (bicyclic) bond motifs is 1. The quantitative estimate of drug-likeness (QED) is 0.449. The van der Waals surface area contributed by atoms with E-state index in [9.17, 15) is 9.90 Å². The number of aliphatic carboxylic acids is 1. The first kappa shape index (κ1) is 21.0. The number of hydrogen-bond acceptors (Lipinski definition) is 5. The predicted octanol–water partition coefficient (Wildman–Crippen LogP) is 4.09. The van der Waals surface area contributed by atoms with Gasteiger partial charge in [0.2, 0.25) is 0 Å². The molecule has 168 valence electrons. The van der Waals surface area contributed by atoms with Gasteiger partial charge in [-0.2, -0.15) is 0 Å². The lowest BCUT2D eigenvalue weighted by Gasteiger charge is -2.38. The highest BCUT2D eigenvalue weighted by Crippen LogP contribution is 2.32. The summed E-state index contributed by atoms with van der Waals surface area (Å²) in [5.41, 5.74) is 2.74. The van der Waals surface area contributed by atoms with E-state index in [1.54, 1.807) is 6.20 Å². The highest BCUT2D eigenvalue weighted by atomic mass is 16.5. The van der Waals surface area contributed by atoms with Crippen LogP contribution in [-0.4, -0.2) is 52.1 Å². The van der Waals surface area contributed by atoms with Crippen molar-refractivity contribution >= 4 is 22.7 Å². The highest BCUT2D eigenvalue weighted by Gasteiger charge is 2.32. The molecule has 7 nitrogen and oxygen atoms in total. The summed E-state index contributed by atoms with van der Waals surface area (Å²) in [6.07, 6.45) is 3.60. The van der Waals surface area contributed by atoms with Gasteiger partial charge >= 0.3 is 5.97 Å². The van der Waals surface area contributed by atoms with E-state index in [0.717, 1.165) is 46.7 Å². The summed E-state index contributed by atoms with van der Waals surface area (Å²) in [4.78, 5) is 24.3. The third-order valence-corrected chi connectivity index (χ3v) is 6.11. The molecule has 1 aliphatic rings. The first-order valence-corrected chi connectivity index (χ1v) is 11.1. The Bertz CT molecular complexity index is 1220. The van der Waals surface area contributed by atoms with Crippen LogP contribution in [0, 0.1) is 0 Å². The Morgan fingerprint density at radius 3 is 2.55 bits per heavy atom. The number of carboxylic acid groups (broad SMARTS) is 1. The maximum atomic E-state index is 12.4. The van der Waals surface area contributed by atoms with E-state index in [4.69, 9.17) is 4.74 Å². The maximum Gasteiger partial charge on any atom is 0.325 e. The van der Waals surface area contributed by atoms with Crippen molar-refractivity contribution < 1.29 is 14.6 Å². The molecule has 0 saturated carbocycles. The third kappa shape index (κ3) is 4.54. The van der Waals surface area contributed by atoms with Crippen molar-refractivity contribution in [2.75, 3.05) is 31.1 Å². The number of anilines is 1. The molecule has 0 unspecified atom stereocenters. The molecule has 2 aromatic carbocycles. The lowest BCUT2D eigenvalue weighted by Crippen LogP contribution is -2.49. The summed E-state index contributed by atoms with van der Waals surface area (Å²) in [7, 11) is 0. The second-order valence-electron chi connectivity index (χ2n) is 8.18. The summed E-state index contributed by atoms with van der Waals surface area (Å²) in [6, 6.07) is 20.9. The molecule has 0 aliphatic carbocycles. The number of ether oxygens (including phenoxy) is 1. The first-order chi connectivity index (χ1) is 16.2. The number of rotatable bonds is 7. The molecule has 7 heteroatoms. The molecule has 1 fully saturated rings. The fourth-order valence-electron chi connectivity index (χ4n) is 4.41. The predicted molar refractivity (Wildman–Crippen MR) is 127 cm³/mol. The van der Waals surface area contributed by atoms with Crippen LogP contribution in [0.15, 0.2) is 79.1 Å². The molecule has 3 heterocycles. The summed E-state index contributed by atoms with van der Waals surface area (Å²) in [5.74, 6) is 0.797. The van der Waals surface area contributed by atoms with Crippen LogP contribution in [0.4, 0.5) is 5.82 Å². The Kier molecular flexibility index (Phi) is 5.95. The molecule has 1 saturated heterocycles. The molecule has 33 heavy (non-hydrogen) atoms. The van der Waals surface area contributed by atoms with Crippen molar-refractivity contribution in [1.29, 1.82) is 0 Å². The van der Waals surface area contributed by atoms with Crippen molar-refractivity contribution in [3.05, 3.63) is 90.3 Å². The third-order valence-electron chi connectivity index (χ3n) is 6.11. The smallest absolute Gasteiger partial charge is 0.325 e. The summed E-state index contributed by atoms with van der Waals surface area (Å²) >= 11 is 0. The Balaban J connectivity index is 1.35. The number of benzene rings is 2. The average Bonchev–Trinajstić information content (AvgIpc) is 3.27. The first-order valence-electron chi connectivity index (χ1n) is 11.1. The summed E-state index contributed by atoms with van der Waals surface area (Å²) in [6.45, 7) is 3.21. The highest BCUT2D eigenvalue weighted by molar-refractivity contribution is 5.90. The second-order valence-corrected chi connectivity index (χ2v) is 8.18. The van der Waals surface area contributed by atoms with Gasteiger partial charge < -0.3 is 19.7 Å². The molecule has 2 aromatic heterocycles. The van der Waals surface area contributed by atoms with Gasteiger partial charge in [0.05, 0.1) is 0 Å². The largest absolute Gasteiger partial charge is 0.489 e. The van der Waals surface area contributed by atoms with E-state index in [0.29, 0.717) is 19.7 Å². The monoisotopic (exact) mass is 442 g/mol. The average molecular weight is 443 g/mol. The number of H-pyrrole nitrogens is 1. The number of carboxylic acids is 1. The van der Waals surface area contributed by atoms with Crippen LogP contribution in [-0.2, 0) is 11.4 Å². The van der Waals surface area contributed by atoms with E-state index in [2.05, 4.69) is 14.9 Å². The number of nitrogens with zero attached hydrogens (tertiary/aromatic N) is 3. The number of nitrogens with one attached hydrogen (secondary N) is 1. The SMILES string of the molecule is O=C(O)[C@@H](c1c[nH]c2ccc(OCc3ccccc3)cc12)N1CCN(c2ccccn2)CC1. The molecule has 1 aliphatic heterocycles. The van der Waals surface area contributed by atoms with Crippen molar-refractivity contribution in [1.82, 2.24) is 14.9 Å². The fourth-order valence-corrected chi connectivity index (χ4v) is 4.41. The lowest BCUT2D eigenvalue weighted by molar-refractivity contribution is -0.143. The van der Waals surface area contributed by atoms with Gasteiger partial charge in [0.25, 0.3) is 0 Å². The molecular formula is C26H26N4O3. The van der Waals surface area contributed by atoms with Crippen LogP contribution >= 0.6 is 0 Å². The standard InChI is InChI=1S/C26H26N4O3/c31-26(32)25(30-14-12-29(13-15-30)24-8-4-5-11-27-24)22-17-28-23-10-9-20(16-21(22)23)33-18-19-6-2-1-3-7-19/h1-11,16-17,25,28H,12-15,18H2,(H,31,32)/t25-/m1/s1. The number of piperazine rings is 1. The van der Waals surface area contributed by atoms with Crippen LogP contribution in [0.1, 0.15) is 17.2 Å². The fraction of sp³-hybridized carbons (Fsp3) is 0.231. The zero-order valence-corrected chi connectivity index (χ0v) is 18.2. The molecule has 0 bridgehead atoms. The van der Waals surface area contributed by atoms with Crippen LogP contribution in [0.3, 0.4) is 0 Å². The zero-order valence-electron chi connectivity index (χ0n) is 18.2. The van der Waals surface area contributed by atoms with Gasteiger partial charge in [-0.3, -0.25) is 9.69 Å². The van der Waals surface area contributed by atoms with E-state index in [1.807, 2.05) is 77.8 Å². The van der Waals surface area contributed by atoms with E-state index >= 15 is 0 Å². The molecule has 0 radical (unpaired) electrons. The van der Waals surface area contributed by atoms with Gasteiger partial charge in [-0.25, -0.2) is 4.98 Å². The lowest BCUT2D eigenvalue weighted by atomic mass is 10.0. The molecular weight excluding hydrogens is 416 g/mol. The molecule has 5 rings (SSSR count). The maximum absolute atomic E-state index is 12.4. The molecule has 0 amide bonds. The topological polar surface area (TPSA) is 81.7 Å². The van der Waals surface area contributed by atoms with E-state index < -0.39 is 12.0 Å². The van der Waals surface area contributed by atoms with Crippen LogP contribution < -0.4 is 9.64 Å². The number of pyridine rings is 1. The Morgan fingerprint density at radius 2 is 1.82 bits per heavy atom.